The summed E-state index contributed by atoms with van der Waals surface area (Å²) in [7, 11) is 0. The van der Waals surface area contributed by atoms with E-state index in [0.717, 1.165) is 57.3 Å². The van der Waals surface area contributed by atoms with Gasteiger partial charge in [-0.3, -0.25) is 14.5 Å². The molecule has 2 heterocycles. The van der Waals surface area contributed by atoms with E-state index in [1.54, 1.807) is 17.0 Å². The van der Waals surface area contributed by atoms with Gasteiger partial charge in [0, 0.05) is 31.5 Å². The fourth-order valence-electron chi connectivity index (χ4n) is 5.21. The summed E-state index contributed by atoms with van der Waals surface area (Å²) in [5.74, 6) is -1.43. The molecule has 5 nitrogen and oxygen atoms in total. The minimum atomic E-state index is -0.785. The molecule has 1 aromatic rings. The summed E-state index contributed by atoms with van der Waals surface area (Å²) in [6.45, 7) is 3.23. The van der Waals surface area contributed by atoms with E-state index in [1.165, 1.54) is 17.7 Å². The number of carbonyl (C=O) groups is 2. The lowest BCUT2D eigenvalue weighted by Gasteiger charge is -2.41. The summed E-state index contributed by atoms with van der Waals surface area (Å²) in [5, 5.41) is 9.84. The molecule has 156 valence electrons. The normalized spacial score (nSPS) is 24.1. The molecule has 1 N–H and O–H groups in total. The van der Waals surface area contributed by atoms with Crippen LogP contribution in [-0.4, -0.2) is 53.0 Å². The van der Waals surface area contributed by atoms with Gasteiger partial charge in [0.2, 0.25) is 5.91 Å². The molecule has 1 unspecified atom stereocenters. The number of allylic oxidation sites excluding steroid dienone is 1. The largest absolute Gasteiger partial charge is 0.481 e. The number of benzene rings is 1. The second-order valence-electron chi connectivity index (χ2n) is 8.86. The predicted octanol–water partition coefficient (Wildman–Crippen LogP) is 3.45. The van der Waals surface area contributed by atoms with Crippen LogP contribution in [0.2, 0.25) is 0 Å². The molecule has 2 aliphatic heterocycles. The zero-order valence-corrected chi connectivity index (χ0v) is 16.8. The average molecular weight is 400 g/mol. The molecule has 0 aromatic heterocycles. The molecule has 29 heavy (non-hydrogen) atoms. The van der Waals surface area contributed by atoms with Gasteiger partial charge in [-0.25, -0.2) is 4.39 Å². The molecular weight excluding hydrogens is 371 g/mol. The van der Waals surface area contributed by atoms with E-state index in [-0.39, 0.29) is 17.1 Å². The van der Waals surface area contributed by atoms with E-state index >= 15 is 0 Å². The summed E-state index contributed by atoms with van der Waals surface area (Å²) >= 11 is 0. The summed E-state index contributed by atoms with van der Waals surface area (Å²) in [6.07, 6.45) is 7.31. The molecule has 0 bridgehead atoms. The van der Waals surface area contributed by atoms with Crippen molar-refractivity contribution in [3.63, 3.8) is 0 Å². The number of amides is 1. The van der Waals surface area contributed by atoms with Gasteiger partial charge >= 0.3 is 5.97 Å². The van der Waals surface area contributed by atoms with Gasteiger partial charge in [0.25, 0.3) is 0 Å². The van der Waals surface area contributed by atoms with Gasteiger partial charge in [0.15, 0.2) is 0 Å². The Morgan fingerprint density at radius 3 is 2.52 bits per heavy atom. The molecule has 1 amide bonds. The van der Waals surface area contributed by atoms with Crippen molar-refractivity contribution < 1.29 is 19.1 Å². The molecule has 4 rings (SSSR count). The Balaban J connectivity index is 1.39. The zero-order valence-electron chi connectivity index (χ0n) is 16.8. The summed E-state index contributed by atoms with van der Waals surface area (Å²) in [4.78, 5) is 28.9. The Morgan fingerprint density at radius 1 is 1.17 bits per heavy atom. The first-order chi connectivity index (χ1) is 13.9. The number of likely N-dealkylation sites (tertiary alicyclic amines) is 2. The van der Waals surface area contributed by atoms with Gasteiger partial charge in [-0.1, -0.05) is 23.8 Å². The summed E-state index contributed by atoms with van der Waals surface area (Å²) in [6, 6.07) is 6.55. The molecule has 2 fully saturated rings. The molecule has 1 aromatic carbocycles. The second kappa shape index (κ2) is 8.27. The molecule has 1 spiro atoms. The first-order valence-corrected chi connectivity index (χ1v) is 10.6. The van der Waals surface area contributed by atoms with Crippen molar-refractivity contribution in [3.8, 4) is 0 Å². The van der Waals surface area contributed by atoms with E-state index in [1.807, 2.05) is 0 Å². The summed E-state index contributed by atoms with van der Waals surface area (Å²) in [5.41, 5.74) is 1.94. The van der Waals surface area contributed by atoms with Crippen molar-refractivity contribution in [2.24, 2.45) is 11.3 Å². The number of piperidine rings is 1. The highest BCUT2D eigenvalue weighted by molar-refractivity contribution is 5.81. The Morgan fingerprint density at radius 2 is 1.90 bits per heavy atom. The predicted molar refractivity (Wildman–Crippen MR) is 108 cm³/mol. The number of nitrogens with zero attached hydrogens (tertiary/aromatic N) is 2. The molecule has 0 saturated carbocycles. The second-order valence-corrected chi connectivity index (χ2v) is 8.86. The number of hydrogen-bond donors (Lipinski definition) is 1. The van der Waals surface area contributed by atoms with Crippen molar-refractivity contribution in [2.75, 3.05) is 26.2 Å². The van der Waals surface area contributed by atoms with Gasteiger partial charge < -0.3 is 10.0 Å². The number of hydrogen-bond acceptors (Lipinski definition) is 3. The fourth-order valence-corrected chi connectivity index (χ4v) is 5.21. The van der Waals surface area contributed by atoms with Crippen molar-refractivity contribution in [1.29, 1.82) is 0 Å². The summed E-state index contributed by atoms with van der Waals surface area (Å²) < 4.78 is 13.1. The van der Waals surface area contributed by atoms with E-state index in [4.69, 9.17) is 0 Å². The Bertz CT molecular complexity index is 797. The van der Waals surface area contributed by atoms with Crippen LogP contribution in [-0.2, 0) is 16.1 Å². The zero-order chi connectivity index (χ0) is 20.4. The third kappa shape index (κ3) is 4.37. The van der Waals surface area contributed by atoms with Gasteiger partial charge in [-0.15, -0.1) is 0 Å². The van der Waals surface area contributed by atoms with Crippen LogP contribution < -0.4 is 0 Å². The molecule has 1 aliphatic carbocycles. The maximum Gasteiger partial charge on any atom is 0.308 e. The Labute approximate surface area is 171 Å². The average Bonchev–Trinajstić information content (AvgIpc) is 3.34. The molecule has 3 aliphatic rings. The van der Waals surface area contributed by atoms with Crippen LogP contribution in [0.25, 0.3) is 0 Å². The lowest BCUT2D eigenvalue weighted by Crippen LogP contribution is -2.46. The highest BCUT2D eigenvalue weighted by Crippen LogP contribution is 2.45. The number of halogens is 1. The maximum atomic E-state index is 13.1. The lowest BCUT2D eigenvalue weighted by atomic mass is 9.71. The van der Waals surface area contributed by atoms with Gasteiger partial charge in [-0.05, 0) is 62.9 Å². The van der Waals surface area contributed by atoms with Crippen LogP contribution in [0.4, 0.5) is 4.39 Å². The van der Waals surface area contributed by atoms with Crippen molar-refractivity contribution in [1.82, 2.24) is 9.80 Å². The van der Waals surface area contributed by atoms with Crippen LogP contribution in [0.15, 0.2) is 35.9 Å². The Kier molecular flexibility index (Phi) is 5.72. The quantitative estimate of drug-likeness (QED) is 0.769. The van der Waals surface area contributed by atoms with Gasteiger partial charge in [0.1, 0.15) is 5.82 Å². The molecular formula is C23H29FN2O3. The van der Waals surface area contributed by atoms with E-state index in [9.17, 15) is 19.1 Å². The Hall–Kier alpha value is -2.21. The maximum absolute atomic E-state index is 13.1. The lowest BCUT2D eigenvalue weighted by molar-refractivity contribution is -0.145. The number of carbonyl (C=O) groups excluding carboxylic acids is 1. The van der Waals surface area contributed by atoms with Crippen LogP contribution in [0.5, 0.6) is 0 Å². The first-order valence-electron chi connectivity index (χ1n) is 10.6. The smallest absolute Gasteiger partial charge is 0.308 e. The minimum absolute atomic E-state index is 0.0787. The van der Waals surface area contributed by atoms with Crippen LogP contribution >= 0.6 is 0 Å². The first kappa shape index (κ1) is 20.1. The minimum Gasteiger partial charge on any atom is -0.481 e. The van der Waals surface area contributed by atoms with Crippen molar-refractivity contribution >= 4 is 11.9 Å². The number of rotatable bonds is 5. The standard InChI is InChI=1S/C23H29FN2O3/c24-19-7-5-18(6-8-19)14-25-11-9-23(10-12-25)16-26(15-20(23)22(28)29)21(27)13-17-3-1-2-4-17/h3,5-8,20H,1-2,4,9-16H2,(H,28,29). The van der Waals surface area contributed by atoms with Crippen LogP contribution in [0, 0.1) is 17.2 Å². The van der Waals surface area contributed by atoms with Crippen molar-refractivity contribution in [3.05, 3.63) is 47.3 Å². The third-order valence-electron chi connectivity index (χ3n) is 6.98. The van der Waals surface area contributed by atoms with E-state index in [0.29, 0.717) is 19.5 Å². The molecule has 2 saturated heterocycles. The number of carboxylic acids is 1. The van der Waals surface area contributed by atoms with Gasteiger partial charge in [-0.2, -0.15) is 0 Å². The monoisotopic (exact) mass is 400 g/mol. The van der Waals surface area contributed by atoms with Gasteiger partial charge in [0.05, 0.1) is 5.92 Å². The van der Waals surface area contributed by atoms with Crippen LogP contribution in [0.1, 0.15) is 44.1 Å². The van der Waals surface area contributed by atoms with Crippen molar-refractivity contribution in [2.45, 2.75) is 45.1 Å². The van der Waals surface area contributed by atoms with Crippen LogP contribution in [0.3, 0.4) is 0 Å². The molecule has 0 radical (unpaired) electrons. The SMILES string of the molecule is O=C(O)C1CN(C(=O)CC2=CCCC2)CC12CCN(Cc1ccc(F)cc1)CC2. The molecule has 6 heteroatoms. The topological polar surface area (TPSA) is 60.9 Å². The highest BCUT2D eigenvalue weighted by atomic mass is 19.1. The third-order valence-corrected chi connectivity index (χ3v) is 6.98. The van der Waals surface area contributed by atoms with E-state index in [2.05, 4.69) is 11.0 Å². The van der Waals surface area contributed by atoms with E-state index < -0.39 is 11.9 Å². The fraction of sp³-hybridized carbons (Fsp3) is 0.565. The number of carboxylic acid groups (broad SMARTS) is 1. The molecule has 1 atom stereocenters. The highest BCUT2D eigenvalue weighted by Gasteiger charge is 2.52. The number of aliphatic carboxylic acids is 1.